The summed E-state index contributed by atoms with van der Waals surface area (Å²) in [6.45, 7) is 4.59. The van der Waals surface area contributed by atoms with Crippen LogP contribution in [0.2, 0.25) is 0 Å². The molecule has 0 aliphatic heterocycles. The summed E-state index contributed by atoms with van der Waals surface area (Å²) in [6, 6.07) is -4.37. The number of hydrogen-bond acceptors (Lipinski definition) is 12. The van der Waals surface area contributed by atoms with Crippen molar-refractivity contribution < 1.29 is 38.1 Å². The van der Waals surface area contributed by atoms with Crippen LogP contribution >= 0.6 is 0 Å². The predicted molar refractivity (Wildman–Crippen MR) is 139 cm³/mol. The molecule has 4 unspecified atom stereocenters. The summed E-state index contributed by atoms with van der Waals surface area (Å²) in [4.78, 5) is 58.7. The van der Waals surface area contributed by atoms with Crippen LogP contribution in [-0.2, 0) is 38.1 Å². The third-order valence-electron chi connectivity index (χ3n) is 5.77. The molecule has 0 aromatic carbocycles. The maximum absolute atomic E-state index is 12.1. The third-order valence-corrected chi connectivity index (χ3v) is 5.77. The average molecular weight is 581 g/mol. The SMILES string of the molecule is CC(N=[N+]=[N-])C(=O)OCCC(CCOC(=O)C(C)N=[N+]=[N-])(CCOC(=O)C(C)N=[N+]=[N-])CCOC(=O)C(C)N=[N+]=[N-]. The van der Waals surface area contributed by atoms with E-state index in [1.54, 1.807) is 0 Å². The van der Waals surface area contributed by atoms with Crippen molar-refractivity contribution in [2.24, 2.45) is 25.9 Å². The Morgan fingerprint density at radius 2 is 0.707 bits per heavy atom. The molecule has 0 radical (unpaired) electrons. The summed E-state index contributed by atoms with van der Waals surface area (Å²) in [5.41, 5.74) is 33.2. The van der Waals surface area contributed by atoms with Crippen LogP contribution in [0.25, 0.3) is 41.8 Å². The van der Waals surface area contributed by atoms with E-state index in [1.807, 2.05) is 0 Å². The highest BCUT2D eigenvalue weighted by atomic mass is 16.5. The molecule has 0 rings (SSSR count). The normalized spacial score (nSPS) is 14.3. The summed E-state index contributed by atoms with van der Waals surface area (Å²) in [5.74, 6) is -3.18. The molecule has 0 saturated heterocycles. The minimum absolute atomic E-state index is 0.0953. The topological polar surface area (TPSA) is 300 Å². The van der Waals surface area contributed by atoms with Crippen LogP contribution in [0.5, 0.6) is 0 Å². The van der Waals surface area contributed by atoms with Gasteiger partial charge in [0.1, 0.15) is 24.2 Å². The van der Waals surface area contributed by atoms with E-state index < -0.39 is 53.5 Å². The van der Waals surface area contributed by atoms with Gasteiger partial charge in [0.2, 0.25) is 0 Å². The first-order valence-electron chi connectivity index (χ1n) is 12.3. The molecule has 0 bridgehead atoms. The Morgan fingerprint density at radius 3 is 0.878 bits per heavy atom. The second kappa shape index (κ2) is 20.1. The molecule has 41 heavy (non-hydrogen) atoms. The molecule has 0 aliphatic rings. The lowest BCUT2D eigenvalue weighted by Crippen LogP contribution is -2.32. The molecule has 0 aromatic rings. The molecule has 0 aliphatic carbocycles. The van der Waals surface area contributed by atoms with Gasteiger partial charge in [-0.1, -0.05) is 20.5 Å². The van der Waals surface area contributed by atoms with Gasteiger partial charge in [0, 0.05) is 19.6 Å². The standard InChI is InChI=1S/C21H32N12O8/c1-13(26-30-22)17(34)38-9-5-21(6-10-39-18(35)14(2)27-31-23,7-11-40-19(36)15(3)28-32-24)8-12-41-20(37)16(4)29-33-25/h13-16H,5-12H2,1-4H3. The van der Waals surface area contributed by atoms with Crippen molar-refractivity contribution in [3.05, 3.63) is 41.8 Å². The van der Waals surface area contributed by atoms with E-state index in [0.29, 0.717) is 0 Å². The number of carbonyl (C=O) groups excluding carboxylic acids is 4. The second-order valence-electron chi connectivity index (χ2n) is 8.69. The summed E-state index contributed by atoms with van der Waals surface area (Å²) in [7, 11) is 0. The van der Waals surface area contributed by atoms with E-state index in [0.717, 1.165) is 0 Å². The Morgan fingerprint density at radius 1 is 0.512 bits per heavy atom. The summed E-state index contributed by atoms with van der Waals surface area (Å²) in [5, 5.41) is 13.1. The van der Waals surface area contributed by atoms with Crippen molar-refractivity contribution in [2.75, 3.05) is 26.4 Å². The summed E-state index contributed by atoms with van der Waals surface area (Å²) in [6.07, 6.45) is 0.381. The number of azide groups is 4. The molecule has 0 aromatic heterocycles. The largest absolute Gasteiger partial charge is 0.465 e. The molecule has 224 valence electrons. The Balaban J connectivity index is 5.87. The minimum Gasteiger partial charge on any atom is -0.465 e. The zero-order valence-electron chi connectivity index (χ0n) is 23.1. The van der Waals surface area contributed by atoms with Crippen LogP contribution in [0.3, 0.4) is 0 Å². The van der Waals surface area contributed by atoms with E-state index in [4.69, 9.17) is 41.1 Å². The molecular formula is C21H32N12O8. The Hall–Kier alpha value is -4.88. The lowest BCUT2D eigenvalue weighted by atomic mass is 9.76. The molecule has 20 heteroatoms. The van der Waals surface area contributed by atoms with E-state index in [1.165, 1.54) is 27.7 Å². The minimum atomic E-state index is -1.09. The van der Waals surface area contributed by atoms with Gasteiger partial charge < -0.3 is 18.9 Å². The van der Waals surface area contributed by atoms with Gasteiger partial charge in [-0.15, -0.1) is 0 Å². The predicted octanol–water partition coefficient (Wildman–Crippen LogP) is 4.50. The van der Waals surface area contributed by atoms with Crippen LogP contribution in [0, 0.1) is 5.41 Å². The highest BCUT2D eigenvalue weighted by molar-refractivity contribution is 5.76. The van der Waals surface area contributed by atoms with Gasteiger partial charge in [-0.3, -0.25) is 19.2 Å². The second-order valence-corrected chi connectivity index (χ2v) is 8.69. The van der Waals surface area contributed by atoms with E-state index in [-0.39, 0.29) is 52.1 Å². The number of hydrogen-bond donors (Lipinski definition) is 0. The Bertz CT molecular complexity index is 934. The van der Waals surface area contributed by atoms with E-state index in [2.05, 4.69) is 40.1 Å². The number of ether oxygens (including phenoxy) is 4. The molecule has 20 nitrogen and oxygen atoms in total. The molecular weight excluding hydrogens is 548 g/mol. The van der Waals surface area contributed by atoms with Crippen molar-refractivity contribution in [3.8, 4) is 0 Å². The van der Waals surface area contributed by atoms with Gasteiger partial charge in [0.25, 0.3) is 0 Å². The van der Waals surface area contributed by atoms with Crippen LogP contribution in [0.15, 0.2) is 20.5 Å². The van der Waals surface area contributed by atoms with Crippen LogP contribution < -0.4 is 0 Å². The third kappa shape index (κ3) is 14.7. The van der Waals surface area contributed by atoms with Gasteiger partial charge >= 0.3 is 23.9 Å². The lowest BCUT2D eigenvalue weighted by molar-refractivity contribution is -0.147. The Labute approximate surface area is 234 Å². The maximum atomic E-state index is 12.1. The van der Waals surface area contributed by atoms with Crippen molar-refractivity contribution in [3.63, 3.8) is 0 Å². The average Bonchev–Trinajstić information content (AvgIpc) is 2.93. The number of nitrogens with zero attached hydrogens (tertiary/aromatic N) is 12. The van der Waals surface area contributed by atoms with Gasteiger partial charge in [-0.05, 0) is 80.9 Å². The van der Waals surface area contributed by atoms with Crippen molar-refractivity contribution >= 4 is 23.9 Å². The molecule has 0 spiro atoms. The monoisotopic (exact) mass is 580 g/mol. The first-order valence-corrected chi connectivity index (χ1v) is 12.3. The molecule has 0 fully saturated rings. The highest BCUT2D eigenvalue weighted by Crippen LogP contribution is 2.36. The maximum Gasteiger partial charge on any atom is 0.314 e. The van der Waals surface area contributed by atoms with Gasteiger partial charge in [-0.2, -0.15) is 0 Å². The summed E-state index contributed by atoms with van der Waals surface area (Å²) >= 11 is 0. The van der Waals surface area contributed by atoms with Gasteiger partial charge in [0.15, 0.2) is 0 Å². The highest BCUT2D eigenvalue weighted by Gasteiger charge is 2.33. The molecule has 0 heterocycles. The van der Waals surface area contributed by atoms with Crippen molar-refractivity contribution in [1.29, 1.82) is 0 Å². The van der Waals surface area contributed by atoms with E-state index >= 15 is 0 Å². The fourth-order valence-electron chi connectivity index (χ4n) is 3.20. The van der Waals surface area contributed by atoms with Crippen molar-refractivity contribution in [2.45, 2.75) is 77.5 Å². The van der Waals surface area contributed by atoms with Crippen LogP contribution in [-0.4, -0.2) is 74.5 Å². The quantitative estimate of drug-likeness (QED) is 0.0646. The molecule has 0 N–H and O–H groups in total. The van der Waals surface area contributed by atoms with E-state index in [9.17, 15) is 19.2 Å². The number of esters is 4. The van der Waals surface area contributed by atoms with Gasteiger partial charge in [-0.25, -0.2) is 0 Å². The number of carbonyl (C=O) groups is 4. The zero-order chi connectivity index (χ0) is 31.3. The molecule has 4 atom stereocenters. The molecule has 0 saturated carbocycles. The first-order chi connectivity index (χ1) is 19.5. The smallest absolute Gasteiger partial charge is 0.314 e. The fourth-order valence-corrected chi connectivity index (χ4v) is 3.20. The summed E-state index contributed by atoms with van der Waals surface area (Å²) < 4.78 is 20.8. The molecule has 0 amide bonds. The first kappa shape index (κ1) is 36.1. The van der Waals surface area contributed by atoms with Crippen LogP contribution in [0.1, 0.15) is 53.4 Å². The van der Waals surface area contributed by atoms with Crippen LogP contribution in [0.4, 0.5) is 0 Å². The lowest BCUT2D eigenvalue weighted by Gasteiger charge is -2.34. The zero-order valence-corrected chi connectivity index (χ0v) is 23.1. The fraction of sp³-hybridized carbons (Fsp3) is 0.810. The number of rotatable bonds is 20. The van der Waals surface area contributed by atoms with Gasteiger partial charge in [0.05, 0.1) is 26.4 Å². The Kier molecular flexibility index (Phi) is 17.7. The van der Waals surface area contributed by atoms with Crippen molar-refractivity contribution in [1.82, 2.24) is 0 Å².